The molecule has 0 aliphatic heterocycles. The van der Waals surface area contributed by atoms with Crippen molar-refractivity contribution in [1.82, 2.24) is 0 Å². The van der Waals surface area contributed by atoms with Crippen LogP contribution in [-0.4, -0.2) is 14.3 Å². The summed E-state index contributed by atoms with van der Waals surface area (Å²) in [5, 5.41) is 2.29. The number of hydrogen-bond donors (Lipinski definition) is 2. The monoisotopic (exact) mass is 484 g/mol. The molecule has 0 unspecified atom stereocenters. The Kier molecular flexibility index (Phi) is 7.89. The zero-order chi connectivity index (χ0) is 25.3. The van der Waals surface area contributed by atoms with E-state index >= 15 is 0 Å². The highest BCUT2D eigenvalue weighted by Crippen LogP contribution is 2.38. The summed E-state index contributed by atoms with van der Waals surface area (Å²) in [5.74, 6) is -0.668. The van der Waals surface area contributed by atoms with Gasteiger partial charge in [0.2, 0.25) is 5.91 Å². The van der Waals surface area contributed by atoms with Crippen molar-refractivity contribution in [2.75, 3.05) is 10.0 Å². The number of amides is 1. The number of alkyl halides is 3. The molecule has 182 valence electrons. The van der Waals surface area contributed by atoms with E-state index in [1.807, 2.05) is 53.7 Å². The van der Waals surface area contributed by atoms with E-state index in [0.717, 1.165) is 24.6 Å². The minimum absolute atomic E-state index is 0.0791. The molecule has 2 aromatic rings. The SMILES string of the molecule is CC(=O)Nc1cc(NS(=O)(=O)c2c(C(C)C)cc(C(C)C)cc2C(C)C)cc(C(F)(F)F)c1. The average molecular weight is 485 g/mol. The Labute approximate surface area is 193 Å². The van der Waals surface area contributed by atoms with Crippen molar-refractivity contribution >= 4 is 27.3 Å². The molecule has 0 heterocycles. The Morgan fingerprint density at radius 1 is 0.818 bits per heavy atom. The standard InChI is InChI=1S/C24H31F3N2O3S/c1-13(2)17-8-21(14(3)4)23(22(9-17)15(5)6)33(31,32)29-20-11-18(24(25,26)27)10-19(12-20)28-16(7)30/h8-15,29H,1-7H3,(H,28,30). The Morgan fingerprint density at radius 2 is 1.30 bits per heavy atom. The molecule has 2 aromatic carbocycles. The number of nitrogens with one attached hydrogen (secondary N) is 2. The van der Waals surface area contributed by atoms with Gasteiger partial charge in [-0.15, -0.1) is 0 Å². The highest BCUT2D eigenvalue weighted by Gasteiger charge is 2.32. The fourth-order valence-electron chi connectivity index (χ4n) is 3.53. The predicted molar refractivity (Wildman–Crippen MR) is 125 cm³/mol. The van der Waals surface area contributed by atoms with E-state index in [2.05, 4.69) is 10.0 Å². The first-order valence-corrected chi connectivity index (χ1v) is 12.2. The van der Waals surface area contributed by atoms with E-state index in [1.165, 1.54) is 6.07 Å². The second-order valence-electron chi connectivity index (χ2n) is 9.08. The second kappa shape index (κ2) is 9.75. The van der Waals surface area contributed by atoms with Crippen molar-refractivity contribution in [1.29, 1.82) is 0 Å². The summed E-state index contributed by atoms with van der Waals surface area (Å²) in [4.78, 5) is 11.5. The molecule has 0 saturated carbocycles. The summed E-state index contributed by atoms with van der Waals surface area (Å²) < 4.78 is 69.7. The molecule has 33 heavy (non-hydrogen) atoms. The molecular formula is C24H31F3N2O3S. The molecule has 0 aromatic heterocycles. The number of hydrogen-bond acceptors (Lipinski definition) is 3. The lowest BCUT2D eigenvalue weighted by molar-refractivity contribution is -0.137. The number of carbonyl (C=O) groups excluding carboxylic acids is 1. The van der Waals surface area contributed by atoms with Crippen LogP contribution in [0.3, 0.4) is 0 Å². The van der Waals surface area contributed by atoms with Gasteiger partial charge < -0.3 is 5.32 Å². The van der Waals surface area contributed by atoms with Crippen LogP contribution in [0.1, 0.15) is 88.5 Å². The zero-order valence-electron chi connectivity index (χ0n) is 19.9. The topological polar surface area (TPSA) is 75.3 Å². The normalized spacial score (nSPS) is 12.5. The molecule has 1 amide bonds. The molecule has 0 spiro atoms. The van der Waals surface area contributed by atoms with E-state index in [4.69, 9.17) is 0 Å². The first kappa shape index (κ1) is 26.7. The number of rotatable bonds is 7. The van der Waals surface area contributed by atoms with Gasteiger partial charge in [-0.05, 0) is 52.6 Å². The summed E-state index contributed by atoms with van der Waals surface area (Å²) >= 11 is 0. The van der Waals surface area contributed by atoms with Gasteiger partial charge in [0.1, 0.15) is 0 Å². The lowest BCUT2D eigenvalue weighted by Crippen LogP contribution is -2.20. The third-order valence-corrected chi connectivity index (χ3v) is 6.69. The van der Waals surface area contributed by atoms with Crippen molar-refractivity contribution in [3.63, 3.8) is 0 Å². The van der Waals surface area contributed by atoms with Gasteiger partial charge >= 0.3 is 6.18 Å². The zero-order valence-corrected chi connectivity index (χ0v) is 20.7. The third kappa shape index (κ3) is 6.50. The van der Waals surface area contributed by atoms with Crippen LogP contribution >= 0.6 is 0 Å². The van der Waals surface area contributed by atoms with Crippen LogP contribution < -0.4 is 10.0 Å². The van der Waals surface area contributed by atoms with Crippen molar-refractivity contribution < 1.29 is 26.4 Å². The Bertz CT molecular complexity index is 1110. The van der Waals surface area contributed by atoms with E-state index in [1.54, 1.807) is 0 Å². The Hall–Kier alpha value is -2.55. The van der Waals surface area contributed by atoms with Crippen LogP contribution in [0, 0.1) is 0 Å². The first-order valence-electron chi connectivity index (χ1n) is 10.7. The van der Waals surface area contributed by atoms with Crippen LogP contribution in [0.5, 0.6) is 0 Å². The maximum atomic E-state index is 13.5. The maximum absolute atomic E-state index is 13.5. The van der Waals surface area contributed by atoms with Crippen LogP contribution in [0.4, 0.5) is 24.5 Å². The van der Waals surface area contributed by atoms with Crippen LogP contribution in [0.25, 0.3) is 0 Å². The summed E-state index contributed by atoms with van der Waals surface area (Å²) in [6.45, 7) is 12.7. The number of benzene rings is 2. The quantitative estimate of drug-likeness (QED) is 0.452. The molecular weight excluding hydrogens is 453 g/mol. The largest absolute Gasteiger partial charge is 0.416 e. The summed E-state index contributed by atoms with van der Waals surface area (Å²) in [7, 11) is -4.24. The summed E-state index contributed by atoms with van der Waals surface area (Å²) in [6, 6.07) is 6.35. The highest BCUT2D eigenvalue weighted by molar-refractivity contribution is 7.92. The number of anilines is 2. The number of carbonyl (C=O) groups is 1. The first-order chi connectivity index (χ1) is 15.0. The van der Waals surface area contributed by atoms with E-state index in [-0.39, 0.29) is 34.0 Å². The molecule has 9 heteroatoms. The third-order valence-electron chi connectivity index (χ3n) is 5.18. The molecule has 0 aliphatic carbocycles. The summed E-state index contributed by atoms with van der Waals surface area (Å²) in [6.07, 6.45) is -4.72. The minimum Gasteiger partial charge on any atom is -0.326 e. The molecule has 5 nitrogen and oxygen atoms in total. The van der Waals surface area contributed by atoms with Crippen molar-refractivity contribution in [2.24, 2.45) is 0 Å². The number of halogens is 3. The Balaban J connectivity index is 2.72. The molecule has 0 radical (unpaired) electrons. The summed E-state index contributed by atoms with van der Waals surface area (Å²) in [5.41, 5.74) is 0.685. The minimum atomic E-state index is -4.72. The molecule has 0 atom stereocenters. The van der Waals surface area contributed by atoms with Crippen molar-refractivity contribution in [3.8, 4) is 0 Å². The fourth-order valence-corrected chi connectivity index (χ4v) is 5.27. The molecule has 0 bridgehead atoms. The van der Waals surface area contributed by atoms with Gasteiger partial charge in [-0.25, -0.2) is 8.42 Å². The van der Waals surface area contributed by atoms with Crippen molar-refractivity contribution in [3.05, 3.63) is 52.6 Å². The van der Waals surface area contributed by atoms with Gasteiger partial charge in [0.25, 0.3) is 10.0 Å². The maximum Gasteiger partial charge on any atom is 0.416 e. The molecule has 0 fully saturated rings. The van der Waals surface area contributed by atoms with Crippen LogP contribution in [0.15, 0.2) is 35.2 Å². The fraction of sp³-hybridized carbons (Fsp3) is 0.458. The van der Waals surface area contributed by atoms with Gasteiger partial charge in [0, 0.05) is 12.6 Å². The van der Waals surface area contributed by atoms with E-state index < -0.39 is 27.7 Å². The van der Waals surface area contributed by atoms with Crippen LogP contribution in [-0.2, 0) is 21.0 Å². The highest BCUT2D eigenvalue weighted by atomic mass is 32.2. The number of sulfonamides is 1. The van der Waals surface area contributed by atoms with Gasteiger partial charge in [-0.3, -0.25) is 9.52 Å². The average Bonchev–Trinajstić information content (AvgIpc) is 2.64. The van der Waals surface area contributed by atoms with Gasteiger partial charge in [-0.2, -0.15) is 13.2 Å². The Morgan fingerprint density at radius 3 is 1.70 bits per heavy atom. The van der Waals surface area contributed by atoms with E-state index in [0.29, 0.717) is 11.1 Å². The van der Waals surface area contributed by atoms with Gasteiger partial charge in [0.05, 0.1) is 16.1 Å². The van der Waals surface area contributed by atoms with Gasteiger partial charge in [-0.1, -0.05) is 53.7 Å². The smallest absolute Gasteiger partial charge is 0.326 e. The van der Waals surface area contributed by atoms with Gasteiger partial charge in [0.15, 0.2) is 0 Å². The predicted octanol–water partition coefficient (Wildman–Crippen LogP) is 6.83. The second-order valence-corrected chi connectivity index (χ2v) is 10.7. The molecule has 2 rings (SSSR count). The lowest BCUT2D eigenvalue weighted by atomic mass is 9.89. The lowest BCUT2D eigenvalue weighted by Gasteiger charge is -2.23. The van der Waals surface area contributed by atoms with Crippen molar-refractivity contribution in [2.45, 2.75) is 77.3 Å². The molecule has 0 aliphatic rings. The van der Waals surface area contributed by atoms with E-state index in [9.17, 15) is 26.4 Å². The molecule has 2 N–H and O–H groups in total. The molecule has 0 saturated heterocycles. The van der Waals surface area contributed by atoms with Crippen LogP contribution in [0.2, 0.25) is 0 Å².